The van der Waals surface area contributed by atoms with Crippen LogP contribution in [0.4, 0.5) is 17.1 Å². The molecule has 1 N–H and O–H groups in total. The van der Waals surface area contributed by atoms with E-state index in [0.29, 0.717) is 10.6 Å². The number of aryl methyl sites for hydroxylation is 2. The highest BCUT2D eigenvalue weighted by molar-refractivity contribution is 6.30. The quantitative estimate of drug-likeness (QED) is 0.666. The Bertz CT molecular complexity index is 1000. The number of carbonyl (C=O) groups is 1. The molecule has 5 heteroatoms. The third-order valence-electron chi connectivity index (χ3n) is 4.82. The summed E-state index contributed by atoms with van der Waals surface area (Å²) in [6.07, 6.45) is 5.31. The van der Waals surface area contributed by atoms with E-state index in [9.17, 15) is 4.79 Å². The second-order valence-electron chi connectivity index (χ2n) is 6.74. The second-order valence-corrected chi connectivity index (χ2v) is 7.17. The molecule has 0 unspecified atom stereocenters. The Morgan fingerprint density at radius 2 is 2.00 bits per heavy atom. The third-order valence-corrected chi connectivity index (χ3v) is 5.05. The molecule has 27 heavy (non-hydrogen) atoms. The number of halogens is 1. The molecular formula is C22H20ClN3O. The molecule has 1 aliphatic rings. The van der Waals surface area contributed by atoms with E-state index in [2.05, 4.69) is 16.4 Å². The van der Waals surface area contributed by atoms with Crippen LogP contribution in [0.25, 0.3) is 0 Å². The van der Waals surface area contributed by atoms with Gasteiger partial charge in [-0.1, -0.05) is 35.9 Å². The molecular weight excluding hydrogens is 358 g/mol. The molecule has 2 aromatic carbocycles. The fourth-order valence-corrected chi connectivity index (χ4v) is 3.58. The van der Waals surface area contributed by atoms with Crippen LogP contribution in [0.5, 0.6) is 0 Å². The predicted octanol–water partition coefficient (Wildman–Crippen LogP) is 5.38. The normalized spacial score (nSPS) is 13.2. The molecule has 0 bridgehead atoms. The summed E-state index contributed by atoms with van der Waals surface area (Å²) in [5, 5.41) is 3.97. The molecule has 0 atom stereocenters. The number of benzene rings is 2. The van der Waals surface area contributed by atoms with Crippen molar-refractivity contribution in [2.24, 2.45) is 0 Å². The summed E-state index contributed by atoms with van der Waals surface area (Å²) in [6.45, 7) is 2.73. The highest BCUT2D eigenvalue weighted by Gasteiger charge is 2.23. The number of amides is 1. The van der Waals surface area contributed by atoms with E-state index in [4.69, 9.17) is 11.6 Å². The average molecular weight is 378 g/mol. The number of carbonyl (C=O) groups excluding carboxylic acids is 1. The van der Waals surface area contributed by atoms with Crippen molar-refractivity contribution in [2.75, 3.05) is 16.8 Å². The van der Waals surface area contributed by atoms with E-state index in [-0.39, 0.29) is 5.91 Å². The number of fused-ring (bicyclic) bond motifs is 1. The number of aromatic nitrogens is 1. The zero-order valence-electron chi connectivity index (χ0n) is 15.1. The molecule has 1 aliphatic heterocycles. The topological polar surface area (TPSA) is 45.2 Å². The summed E-state index contributed by atoms with van der Waals surface area (Å²) in [5.41, 5.74) is 5.51. The van der Waals surface area contributed by atoms with E-state index in [1.54, 1.807) is 12.4 Å². The summed E-state index contributed by atoms with van der Waals surface area (Å²) < 4.78 is 0. The van der Waals surface area contributed by atoms with Crippen LogP contribution in [-0.2, 0) is 6.42 Å². The van der Waals surface area contributed by atoms with Crippen LogP contribution in [-0.4, -0.2) is 17.4 Å². The summed E-state index contributed by atoms with van der Waals surface area (Å²) in [4.78, 5) is 19.2. The molecule has 0 saturated heterocycles. The molecule has 0 spiro atoms. The summed E-state index contributed by atoms with van der Waals surface area (Å²) in [7, 11) is 0. The monoisotopic (exact) mass is 377 g/mol. The number of anilines is 3. The Hall–Kier alpha value is -2.85. The summed E-state index contributed by atoms with van der Waals surface area (Å²) in [5.74, 6) is -0.0267. The molecule has 2 heterocycles. The van der Waals surface area contributed by atoms with Gasteiger partial charge in [0, 0.05) is 29.1 Å². The first kappa shape index (κ1) is 17.6. The Morgan fingerprint density at radius 1 is 1.15 bits per heavy atom. The van der Waals surface area contributed by atoms with Gasteiger partial charge < -0.3 is 10.2 Å². The van der Waals surface area contributed by atoms with E-state index in [0.717, 1.165) is 42.0 Å². The SMILES string of the molecule is Cc1ccc(Cl)cc1Nc1cncc(C(=O)N2CCCc3ccccc32)c1. The largest absolute Gasteiger partial charge is 0.354 e. The van der Waals surface area contributed by atoms with Gasteiger partial charge >= 0.3 is 0 Å². The Morgan fingerprint density at radius 3 is 2.89 bits per heavy atom. The van der Waals surface area contributed by atoms with Gasteiger partial charge in [-0.25, -0.2) is 0 Å². The van der Waals surface area contributed by atoms with E-state index in [1.165, 1.54) is 5.56 Å². The van der Waals surface area contributed by atoms with Gasteiger partial charge in [0.05, 0.1) is 17.4 Å². The number of pyridine rings is 1. The van der Waals surface area contributed by atoms with Crippen LogP contribution >= 0.6 is 11.6 Å². The molecule has 4 nitrogen and oxygen atoms in total. The highest BCUT2D eigenvalue weighted by atomic mass is 35.5. The number of nitrogens with zero attached hydrogens (tertiary/aromatic N) is 2. The maximum atomic E-state index is 13.1. The van der Waals surface area contributed by atoms with Crippen molar-refractivity contribution in [3.05, 3.63) is 82.6 Å². The van der Waals surface area contributed by atoms with Crippen molar-refractivity contribution in [1.82, 2.24) is 4.98 Å². The Balaban J connectivity index is 1.61. The molecule has 1 amide bonds. The van der Waals surface area contributed by atoms with Crippen LogP contribution < -0.4 is 10.2 Å². The van der Waals surface area contributed by atoms with Gasteiger partial charge in [0.15, 0.2) is 0 Å². The van der Waals surface area contributed by atoms with Crippen molar-refractivity contribution in [3.8, 4) is 0 Å². The maximum absolute atomic E-state index is 13.1. The van der Waals surface area contributed by atoms with Crippen LogP contribution in [0.1, 0.15) is 27.9 Å². The lowest BCUT2D eigenvalue weighted by atomic mass is 10.0. The lowest BCUT2D eigenvalue weighted by molar-refractivity contribution is 0.0985. The van der Waals surface area contributed by atoms with E-state index < -0.39 is 0 Å². The number of para-hydroxylation sites is 1. The van der Waals surface area contributed by atoms with Gasteiger partial charge in [0.2, 0.25) is 0 Å². The first-order valence-corrected chi connectivity index (χ1v) is 9.37. The second kappa shape index (κ2) is 7.41. The van der Waals surface area contributed by atoms with Crippen LogP contribution in [0.3, 0.4) is 0 Å². The third kappa shape index (κ3) is 3.67. The number of rotatable bonds is 3. The number of hydrogen-bond donors (Lipinski definition) is 1. The van der Waals surface area contributed by atoms with Crippen molar-refractivity contribution in [1.29, 1.82) is 0 Å². The maximum Gasteiger partial charge on any atom is 0.259 e. The van der Waals surface area contributed by atoms with Crippen molar-refractivity contribution in [2.45, 2.75) is 19.8 Å². The number of hydrogen-bond acceptors (Lipinski definition) is 3. The van der Waals surface area contributed by atoms with Crippen LogP contribution in [0.2, 0.25) is 5.02 Å². The highest BCUT2D eigenvalue weighted by Crippen LogP contribution is 2.29. The minimum atomic E-state index is -0.0267. The molecule has 0 aliphatic carbocycles. The molecule has 0 fully saturated rings. The predicted molar refractivity (Wildman–Crippen MR) is 110 cm³/mol. The number of nitrogens with one attached hydrogen (secondary N) is 1. The fraction of sp³-hybridized carbons (Fsp3) is 0.182. The average Bonchev–Trinajstić information content (AvgIpc) is 2.70. The Labute approximate surface area is 163 Å². The zero-order chi connectivity index (χ0) is 18.8. The zero-order valence-corrected chi connectivity index (χ0v) is 15.8. The van der Waals surface area contributed by atoms with Gasteiger partial charge in [-0.3, -0.25) is 9.78 Å². The molecule has 1 aromatic heterocycles. The first-order valence-electron chi connectivity index (χ1n) is 9.00. The first-order chi connectivity index (χ1) is 13.1. The fourth-order valence-electron chi connectivity index (χ4n) is 3.41. The molecule has 4 rings (SSSR count). The summed E-state index contributed by atoms with van der Waals surface area (Å²) >= 11 is 6.10. The van der Waals surface area contributed by atoms with Gasteiger partial charge in [-0.15, -0.1) is 0 Å². The van der Waals surface area contributed by atoms with Crippen LogP contribution in [0.15, 0.2) is 60.9 Å². The van der Waals surface area contributed by atoms with Gasteiger partial charge in [-0.05, 0) is 55.2 Å². The molecule has 0 saturated carbocycles. The van der Waals surface area contributed by atoms with Crippen molar-refractivity contribution in [3.63, 3.8) is 0 Å². The minimum absolute atomic E-state index is 0.0267. The lowest BCUT2D eigenvalue weighted by Crippen LogP contribution is -2.35. The summed E-state index contributed by atoms with van der Waals surface area (Å²) in [6, 6.07) is 15.6. The van der Waals surface area contributed by atoms with Gasteiger partial charge in [-0.2, -0.15) is 0 Å². The Kier molecular flexibility index (Phi) is 4.82. The van der Waals surface area contributed by atoms with Crippen molar-refractivity contribution < 1.29 is 4.79 Å². The van der Waals surface area contributed by atoms with E-state index in [1.807, 2.05) is 54.3 Å². The molecule has 0 radical (unpaired) electrons. The molecule has 3 aromatic rings. The minimum Gasteiger partial charge on any atom is -0.354 e. The van der Waals surface area contributed by atoms with Gasteiger partial charge in [0.1, 0.15) is 0 Å². The smallest absolute Gasteiger partial charge is 0.259 e. The van der Waals surface area contributed by atoms with Crippen molar-refractivity contribution >= 4 is 34.6 Å². The molecule has 136 valence electrons. The lowest BCUT2D eigenvalue weighted by Gasteiger charge is -2.29. The van der Waals surface area contributed by atoms with Gasteiger partial charge in [0.25, 0.3) is 5.91 Å². The van der Waals surface area contributed by atoms with Crippen LogP contribution in [0, 0.1) is 6.92 Å². The standard InChI is InChI=1S/C22H20ClN3O/c1-15-8-9-18(23)12-20(15)25-19-11-17(13-24-14-19)22(27)26-10-4-6-16-5-2-3-7-21(16)26/h2-3,5,7-9,11-14,25H,4,6,10H2,1H3. The van der Waals surface area contributed by atoms with E-state index >= 15 is 0 Å².